The average Bonchev–Trinajstić information content (AvgIpc) is 2.34. The molecule has 1 aromatic carbocycles. The van der Waals surface area contributed by atoms with E-state index in [1.165, 1.54) is 0 Å². The lowest BCUT2D eigenvalue weighted by molar-refractivity contribution is -0.173. The number of methoxy groups -OCH3 is 1. The Balaban J connectivity index is 2.23. The summed E-state index contributed by atoms with van der Waals surface area (Å²) in [5.41, 5.74) is 0.843. The molecular formula is C12H15BrF3NO2. The fourth-order valence-electron chi connectivity index (χ4n) is 1.36. The number of hydrogen-bond acceptors (Lipinski definition) is 3. The molecule has 0 spiro atoms. The predicted octanol–water partition coefficient (Wildman–Crippen LogP) is 3.84. The maximum absolute atomic E-state index is 11.8. The molecule has 0 radical (unpaired) electrons. The molecule has 0 aliphatic heterocycles. The van der Waals surface area contributed by atoms with Crippen molar-refractivity contribution in [3.63, 3.8) is 0 Å². The maximum Gasteiger partial charge on any atom is 0.411 e. The highest BCUT2D eigenvalue weighted by Crippen LogP contribution is 2.27. The monoisotopic (exact) mass is 341 g/mol. The second-order valence-corrected chi connectivity index (χ2v) is 4.65. The molecule has 0 aromatic heterocycles. The van der Waals surface area contributed by atoms with Crippen LogP contribution in [0.25, 0.3) is 0 Å². The van der Waals surface area contributed by atoms with Crippen molar-refractivity contribution in [3.05, 3.63) is 22.7 Å². The van der Waals surface area contributed by atoms with Gasteiger partial charge >= 0.3 is 6.18 Å². The van der Waals surface area contributed by atoms with Crippen molar-refractivity contribution in [1.29, 1.82) is 0 Å². The minimum atomic E-state index is -4.26. The standard InChI is InChI=1S/C12H15BrF3NO2/c1-18-11-7-9(3-4-10(11)13)17-5-2-6-19-8-12(14,15)16/h3-4,7,17H,2,5-6,8H2,1H3. The third-order valence-electron chi connectivity index (χ3n) is 2.21. The Labute approximate surface area is 118 Å². The first-order valence-corrected chi connectivity index (χ1v) is 6.43. The number of halogens is 4. The largest absolute Gasteiger partial charge is 0.495 e. The van der Waals surface area contributed by atoms with Gasteiger partial charge in [0.15, 0.2) is 0 Å². The highest BCUT2D eigenvalue weighted by molar-refractivity contribution is 9.10. The van der Waals surface area contributed by atoms with Gasteiger partial charge in [-0.05, 0) is 34.5 Å². The zero-order valence-electron chi connectivity index (χ0n) is 10.4. The third-order valence-corrected chi connectivity index (χ3v) is 2.87. The first-order chi connectivity index (χ1) is 8.92. The molecule has 108 valence electrons. The van der Waals surface area contributed by atoms with Crippen molar-refractivity contribution >= 4 is 21.6 Å². The Morgan fingerprint density at radius 3 is 2.68 bits per heavy atom. The van der Waals surface area contributed by atoms with Crippen LogP contribution in [0.5, 0.6) is 5.75 Å². The Bertz CT molecular complexity index is 399. The first kappa shape index (κ1) is 16.1. The molecule has 0 fully saturated rings. The summed E-state index contributed by atoms with van der Waals surface area (Å²) < 4.78 is 45.9. The van der Waals surface area contributed by atoms with Crippen LogP contribution in [0.1, 0.15) is 6.42 Å². The average molecular weight is 342 g/mol. The summed E-state index contributed by atoms with van der Waals surface area (Å²) in [5, 5.41) is 3.08. The van der Waals surface area contributed by atoms with Crippen molar-refractivity contribution in [3.8, 4) is 5.75 Å². The molecule has 0 atom stereocenters. The minimum Gasteiger partial charge on any atom is -0.495 e. The summed E-state index contributed by atoms with van der Waals surface area (Å²) in [6, 6.07) is 5.49. The van der Waals surface area contributed by atoms with Gasteiger partial charge in [-0.15, -0.1) is 0 Å². The number of ether oxygens (including phenoxy) is 2. The molecule has 1 aromatic rings. The number of rotatable bonds is 7. The smallest absolute Gasteiger partial charge is 0.411 e. The topological polar surface area (TPSA) is 30.5 Å². The molecule has 1 rings (SSSR count). The van der Waals surface area contributed by atoms with Gasteiger partial charge in [-0.1, -0.05) is 0 Å². The SMILES string of the molecule is COc1cc(NCCCOCC(F)(F)F)ccc1Br. The molecule has 0 saturated heterocycles. The van der Waals surface area contributed by atoms with E-state index in [9.17, 15) is 13.2 Å². The minimum absolute atomic E-state index is 0.0696. The molecule has 0 bridgehead atoms. The van der Waals surface area contributed by atoms with Gasteiger partial charge < -0.3 is 14.8 Å². The van der Waals surface area contributed by atoms with Gasteiger partial charge in [-0.25, -0.2) is 0 Å². The van der Waals surface area contributed by atoms with Crippen LogP contribution in [0, 0.1) is 0 Å². The van der Waals surface area contributed by atoms with E-state index >= 15 is 0 Å². The van der Waals surface area contributed by atoms with E-state index in [2.05, 4.69) is 26.0 Å². The second kappa shape index (κ2) is 7.59. The molecule has 0 amide bonds. The molecule has 0 aliphatic rings. The number of alkyl halides is 3. The number of anilines is 1. The first-order valence-electron chi connectivity index (χ1n) is 5.64. The van der Waals surface area contributed by atoms with Crippen LogP contribution in [0.3, 0.4) is 0 Å². The molecule has 1 N–H and O–H groups in total. The summed E-state index contributed by atoms with van der Waals surface area (Å²) in [4.78, 5) is 0. The van der Waals surface area contributed by atoms with E-state index < -0.39 is 12.8 Å². The summed E-state index contributed by atoms with van der Waals surface area (Å²) >= 11 is 3.33. The Hall–Kier alpha value is -0.950. The zero-order valence-corrected chi connectivity index (χ0v) is 12.0. The molecule has 0 aliphatic carbocycles. The second-order valence-electron chi connectivity index (χ2n) is 3.80. The van der Waals surface area contributed by atoms with Crippen LogP contribution in [0.4, 0.5) is 18.9 Å². The van der Waals surface area contributed by atoms with Gasteiger partial charge in [0, 0.05) is 24.9 Å². The number of hydrogen-bond donors (Lipinski definition) is 1. The molecular weight excluding hydrogens is 327 g/mol. The van der Waals surface area contributed by atoms with E-state index in [0.29, 0.717) is 18.7 Å². The van der Waals surface area contributed by atoms with Crippen molar-refractivity contribution < 1.29 is 22.6 Å². The van der Waals surface area contributed by atoms with Gasteiger partial charge in [0.05, 0.1) is 11.6 Å². The summed E-state index contributed by atoms with van der Waals surface area (Å²) in [6.45, 7) is -0.595. The molecule has 3 nitrogen and oxygen atoms in total. The molecule has 7 heteroatoms. The Morgan fingerprint density at radius 1 is 1.32 bits per heavy atom. The lowest BCUT2D eigenvalue weighted by Crippen LogP contribution is -2.18. The Kier molecular flexibility index (Phi) is 6.44. The normalized spacial score (nSPS) is 11.4. The lowest BCUT2D eigenvalue weighted by atomic mass is 10.3. The van der Waals surface area contributed by atoms with Gasteiger partial charge in [0.25, 0.3) is 0 Å². The predicted molar refractivity (Wildman–Crippen MR) is 70.7 cm³/mol. The van der Waals surface area contributed by atoms with E-state index in [-0.39, 0.29) is 6.61 Å². The van der Waals surface area contributed by atoms with Crippen molar-refractivity contribution in [2.24, 2.45) is 0 Å². The van der Waals surface area contributed by atoms with Crippen LogP contribution in [-0.2, 0) is 4.74 Å². The van der Waals surface area contributed by atoms with Gasteiger partial charge in [0.2, 0.25) is 0 Å². The zero-order chi connectivity index (χ0) is 14.3. The number of benzene rings is 1. The van der Waals surface area contributed by atoms with Crippen LogP contribution < -0.4 is 10.1 Å². The van der Waals surface area contributed by atoms with Crippen molar-refractivity contribution in [2.75, 3.05) is 32.2 Å². The molecule has 19 heavy (non-hydrogen) atoms. The van der Waals surface area contributed by atoms with Crippen molar-refractivity contribution in [1.82, 2.24) is 0 Å². The highest BCUT2D eigenvalue weighted by atomic mass is 79.9. The number of nitrogens with one attached hydrogen (secondary N) is 1. The van der Waals surface area contributed by atoms with E-state index in [4.69, 9.17) is 4.74 Å². The van der Waals surface area contributed by atoms with E-state index in [0.717, 1.165) is 10.2 Å². The molecule has 0 unspecified atom stereocenters. The van der Waals surface area contributed by atoms with Crippen LogP contribution in [0.15, 0.2) is 22.7 Å². The van der Waals surface area contributed by atoms with Crippen LogP contribution in [0.2, 0.25) is 0 Å². The van der Waals surface area contributed by atoms with Crippen LogP contribution >= 0.6 is 15.9 Å². The van der Waals surface area contributed by atoms with E-state index in [1.54, 1.807) is 13.2 Å². The Morgan fingerprint density at radius 2 is 2.05 bits per heavy atom. The summed E-state index contributed by atoms with van der Waals surface area (Å²) in [5.74, 6) is 0.693. The van der Waals surface area contributed by atoms with E-state index in [1.807, 2.05) is 12.1 Å². The van der Waals surface area contributed by atoms with Crippen molar-refractivity contribution in [2.45, 2.75) is 12.6 Å². The highest BCUT2D eigenvalue weighted by Gasteiger charge is 2.27. The fraction of sp³-hybridized carbons (Fsp3) is 0.500. The van der Waals surface area contributed by atoms with Crippen LogP contribution in [-0.4, -0.2) is 33.0 Å². The summed E-state index contributed by atoms with van der Waals surface area (Å²) in [7, 11) is 1.56. The van der Waals surface area contributed by atoms with Gasteiger partial charge in [-0.2, -0.15) is 13.2 Å². The molecule has 0 saturated carbocycles. The van der Waals surface area contributed by atoms with Gasteiger partial charge in [-0.3, -0.25) is 0 Å². The lowest BCUT2D eigenvalue weighted by Gasteiger charge is -2.10. The maximum atomic E-state index is 11.8. The quantitative estimate of drug-likeness (QED) is 0.764. The fourth-order valence-corrected chi connectivity index (χ4v) is 1.77. The van der Waals surface area contributed by atoms with Gasteiger partial charge in [0.1, 0.15) is 12.4 Å². The molecule has 0 heterocycles. The third kappa shape index (κ3) is 6.68. The summed E-state index contributed by atoms with van der Waals surface area (Å²) in [6.07, 6.45) is -3.76.